The molecule has 1 heterocycles. The first-order valence-electron chi connectivity index (χ1n) is 10.7. The zero-order chi connectivity index (χ0) is 21.3. The summed E-state index contributed by atoms with van der Waals surface area (Å²) in [7, 11) is 0. The number of nitrogens with one attached hydrogen (secondary N) is 1. The lowest BCUT2D eigenvalue weighted by molar-refractivity contribution is -0.130. The molecule has 0 atom stereocenters. The molecular formula is C24H31N3O3. The number of benzene rings is 2. The predicted molar refractivity (Wildman–Crippen MR) is 120 cm³/mol. The number of carbonyl (C=O) groups excluding carboxylic acids is 2. The van der Waals surface area contributed by atoms with Crippen LogP contribution in [0.2, 0.25) is 0 Å². The fraction of sp³-hybridized carbons (Fsp3) is 0.417. The number of anilines is 2. The van der Waals surface area contributed by atoms with Crippen molar-refractivity contribution in [2.45, 2.75) is 33.1 Å². The van der Waals surface area contributed by atoms with E-state index in [4.69, 9.17) is 4.74 Å². The molecule has 1 aliphatic rings. The lowest BCUT2D eigenvalue weighted by Gasteiger charge is -2.31. The number of rotatable bonds is 8. The van der Waals surface area contributed by atoms with Crippen molar-refractivity contribution < 1.29 is 14.3 Å². The Kier molecular flexibility index (Phi) is 7.71. The second-order valence-electron chi connectivity index (χ2n) is 7.61. The zero-order valence-electron chi connectivity index (χ0n) is 17.9. The number of aryl methyl sites for hydroxylation is 1. The van der Waals surface area contributed by atoms with Crippen LogP contribution in [0.1, 0.15) is 31.7 Å². The molecule has 0 bridgehead atoms. The minimum Gasteiger partial charge on any atom is -0.492 e. The van der Waals surface area contributed by atoms with Crippen LogP contribution in [0, 0.1) is 6.92 Å². The molecule has 1 N–H and O–H groups in total. The third kappa shape index (κ3) is 5.99. The van der Waals surface area contributed by atoms with Crippen molar-refractivity contribution in [3.63, 3.8) is 0 Å². The predicted octanol–water partition coefficient (Wildman–Crippen LogP) is 3.85. The van der Waals surface area contributed by atoms with Crippen molar-refractivity contribution in [2.75, 3.05) is 43.0 Å². The number of piperidine rings is 1. The average molecular weight is 410 g/mol. The average Bonchev–Trinajstić information content (AvgIpc) is 2.76. The van der Waals surface area contributed by atoms with E-state index in [-0.39, 0.29) is 24.9 Å². The summed E-state index contributed by atoms with van der Waals surface area (Å²) < 4.78 is 5.60. The highest BCUT2D eigenvalue weighted by Crippen LogP contribution is 2.24. The summed E-state index contributed by atoms with van der Waals surface area (Å²) in [4.78, 5) is 29.5. The van der Waals surface area contributed by atoms with Gasteiger partial charge in [-0.15, -0.1) is 0 Å². The molecule has 3 rings (SSSR count). The van der Waals surface area contributed by atoms with E-state index in [1.54, 1.807) is 0 Å². The third-order valence-electron chi connectivity index (χ3n) is 5.23. The summed E-state index contributed by atoms with van der Waals surface area (Å²) in [5.74, 6) is 0.520. The Bertz CT molecular complexity index is 845. The van der Waals surface area contributed by atoms with Gasteiger partial charge < -0.3 is 19.9 Å². The molecule has 0 radical (unpaired) electrons. The maximum absolute atomic E-state index is 12.9. The quantitative estimate of drug-likeness (QED) is 0.719. The van der Waals surface area contributed by atoms with Crippen molar-refractivity contribution in [1.29, 1.82) is 0 Å². The molecule has 0 unspecified atom stereocenters. The highest BCUT2D eigenvalue weighted by Gasteiger charge is 2.21. The lowest BCUT2D eigenvalue weighted by atomic mass is 10.1. The summed E-state index contributed by atoms with van der Waals surface area (Å²) >= 11 is 0. The van der Waals surface area contributed by atoms with E-state index in [9.17, 15) is 9.59 Å². The van der Waals surface area contributed by atoms with E-state index in [1.165, 1.54) is 6.42 Å². The normalized spacial score (nSPS) is 13.6. The van der Waals surface area contributed by atoms with Crippen LogP contribution in [0.25, 0.3) is 0 Å². The molecule has 6 heteroatoms. The summed E-state index contributed by atoms with van der Waals surface area (Å²) in [6.45, 7) is 6.32. The van der Waals surface area contributed by atoms with E-state index in [0.29, 0.717) is 18.0 Å². The van der Waals surface area contributed by atoms with Gasteiger partial charge >= 0.3 is 0 Å². The molecule has 1 aliphatic heterocycles. The van der Waals surface area contributed by atoms with Gasteiger partial charge in [0.05, 0.1) is 25.4 Å². The smallest absolute Gasteiger partial charge is 0.244 e. The van der Waals surface area contributed by atoms with Crippen molar-refractivity contribution >= 4 is 23.2 Å². The van der Waals surface area contributed by atoms with E-state index >= 15 is 0 Å². The van der Waals surface area contributed by atoms with Gasteiger partial charge in [-0.05, 0) is 57.4 Å². The molecule has 1 saturated heterocycles. The van der Waals surface area contributed by atoms with Crippen LogP contribution in [-0.4, -0.2) is 49.5 Å². The van der Waals surface area contributed by atoms with Crippen molar-refractivity contribution in [2.24, 2.45) is 0 Å². The second-order valence-corrected chi connectivity index (χ2v) is 7.61. The standard InChI is InChI=1S/C24H31N3O3/c1-3-30-22-10-6-5-9-21(22)25-23(28)17-27(20-13-11-19(2)12-14-20)18-24(29)26-15-7-4-8-16-26/h5-6,9-14H,3-4,7-8,15-18H2,1-2H3,(H,25,28). The number of hydrogen-bond acceptors (Lipinski definition) is 4. The Morgan fingerprint density at radius 1 is 1.00 bits per heavy atom. The Hall–Kier alpha value is -3.02. The van der Waals surface area contributed by atoms with Gasteiger partial charge in [0.1, 0.15) is 5.75 Å². The SMILES string of the molecule is CCOc1ccccc1NC(=O)CN(CC(=O)N1CCCCC1)c1ccc(C)cc1. The van der Waals surface area contributed by atoms with Crippen molar-refractivity contribution in [3.8, 4) is 5.75 Å². The van der Waals surface area contributed by atoms with Gasteiger partial charge in [-0.1, -0.05) is 29.8 Å². The Morgan fingerprint density at radius 3 is 2.40 bits per heavy atom. The molecule has 2 aromatic rings. The minimum atomic E-state index is -0.186. The zero-order valence-corrected chi connectivity index (χ0v) is 17.9. The highest BCUT2D eigenvalue weighted by atomic mass is 16.5. The number of ether oxygens (including phenoxy) is 1. The molecule has 0 aromatic heterocycles. The molecule has 6 nitrogen and oxygen atoms in total. The van der Waals surface area contributed by atoms with Crippen LogP contribution in [0.4, 0.5) is 11.4 Å². The number of hydrogen-bond donors (Lipinski definition) is 1. The number of amides is 2. The molecule has 0 saturated carbocycles. The molecule has 1 fully saturated rings. The van der Waals surface area contributed by atoms with Gasteiger partial charge in [0.2, 0.25) is 11.8 Å². The number of likely N-dealkylation sites (tertiary alicyclic amines) is 1. The molecule has 30 heavy (non-hydrogen) atoms. The minimum absolute atomic E-state index is 0.0674. The van der Waals surface area contributed by atoms with E-state index < -0.39 is 0 Å². The molecule has 2 amide bonds. The number of para-hydroxylation sites is 2. The van der Waals surface area contributed by atoms with Crippen molar-refractivity contribution in [3.05, 3.63) is 54.1 Å². The van der Waals surface area contributed by atoms with E-state index in [0.717, 1.165) is 37.2 Å². The maximum atomic E-state index is 12.9. The largest absolute Gasteiger partial charge is 0.492 e. The van der Waals surface area contributed by atoms with Gasteiger partial charge in [0, 0.05) is 18.8 Å². The number of nitrogens with zero attached hydrogens (tertiary/aromatic N) is 2. The van der Waals surface area contributed by atoms with Gasteiger partial charge in [0.25, 0.3) is 0 Å². The first-order valence-corrected chi connectivity index (χ1v) is 10.7. The van der Waals surface area contributed by atoms with Crippen LogP contribution >= 0.6 is 0 Å². The van der Waals surface area contributed by atoms with Gasteiger partial charge in [-0.3, -0.25) is 9.59 Å². The van der Waals surface area contributed by atoms with Gasteiger partial charge in [-0.25, -0.2) is 0 Å². The monoisotopic (exact) mass is 409 g/mol. The third-order valence-corrected chi connectivity index (χ3v) is 5.23. The van der Waals surface area contributed by atoms with Crippen LogP contribution in [0.3, 0.4) is 0 Å². The van der Waals surface area contributed by atoms with Gasteiger partial charge in [-0.2, -0.15) is 0 Å². The van der Waals surface area contributed by atoms with Crippen LogP contribution < -0.4 is 15.0 Å². The van der Waals surface area contributed by atoms with Crippen LogP contribution in [0.15, 0.2) is 48.5 Å². The first kappa shape index (κ1) is 21.7. The Labute approximate surface area is 178 Å². The van der Waals surface area contributed by atoms with E-state index in [2.05, 4.69) is 5.32 Å². The molecule has 0 aliphatic carbocycles. The molecule has 2 aromatic carbocycles. The van der Waals surface area contributed by atoms with Crippen molar-refractivity contribution in [1.82, 2.24) is 4.90 Å². The summed E-state index contributed by atoms with van der Waals surface area (Å²) in [5.41, 5.74) is 2.63. The Morgan fingerprint density at radius 2 is 1.70 bits per heavy atom. The maximum Gasteiger partial charge on any atom is 0.244 e. The molecule has 160 valence electrons. The lowest BCUT2D eigenvalue weighted by Crippen LogP contribution is -2.45. The highest BCUT2D eigenvalue weighted by molar-refractivity contribution is 5.96. The topological polar surface area (TPSA) is 61.9 Å². The fourth-order valence-corrected chi connectivity index (χ4v) is 3.61. The first-order chi connectivity index (χ1) is 14.6. The molecule has 0 spiro atoms. The summed E-state index contributed by atoms with van der Waals surface area (Å²) in [5, 5.41) is 2.93. The van der Waals surface area contributed by atoms with Crippen LogP contribution in [-0.2, 0) is 9.59 Å². The second kappa shape index (κ2) is 10.7. The Balaban J connectivity index is 1.72. The fourth-order valence-electron chi connectivity index (χ4n) is 3.61. The van der Waals surface area contributed by atoms with Crippen LogP contribution in [0.5, 0.6) is 5.75 Å². The number of carbonyl (C=O) groups is 2. The van der Waals surface area contributed by atoms with Gasteiger partial charge in [0.15, 0.2) is 0 Å². The summed E-state index contributed by atoms with van der Waals surface area (Å²) in [6.07, 6.45) is 3.27. The van der Waals surface area contributed by atoms with E-state index in [1.807, 2.05) is 72.2 Å². The summed E-state index contributed by atoms with van der Waals surface area (Å²) in [6, 6.07) is 15.3. The molecular weight excluding hydrogens is 378 g/mol.